The van der Waals surface area contributed by atoms with Crippen molar-refractivity contribution >= 4 is 0 Å². The van der Waals surface area contributed by atoms with Crippen LogP contribution in [-0.4, -0.2) is 31.6 Å². The molecule has 2 heterocycles. The van der Waals surface area contributed by atoms with Crippen LogP contribution in [-0.2, 0) is 19.5 Å². The minimum atomic E-state index is 0.528. The van der Waals surface area contributed by atoms with Gasteiger partial charge in [0.25, 0.3) is 0 Å². The van der Waals surface area contributed by atoms with Gasteiger partial charge in [0.1, 0.15) is 0 Å². The van der Waals surface area contributed by atoms with E-state index in [4.69, 9.17) is 4.52 Å². The molecule has 0 spiro atoms. The summed E-state index contributed by atoms with van der Waals surface area (Å²) in [6.07, 6.45) is 4.36. The van der Waals surface area contributed by atoms with E-state index >= 15 is 0 Å². The van der Waals surface area contributed by atoms with Crippen LogP contribution in [0.4, 0.5) is 0 Å². The summed E-state index contributed by atoms with van der Waals surface area (Å²) in [6, 6.07) is 0. The van der Waals surface area contributed by atoms with Gasteiger partial charge in [0.05, 0.1) is 12.9 Å². The number of hydrogen-bond donors (Lipinski definition) is 1. The first-order valence-electron chi connectivity index (χ1n) is 6.68. The van der Waals surface area contributed by atoms with Crippen LogP contribution in [0, 0.1) is 5.92 Å². The Hall–Kier alpha value is -1.69. The molecule has 0 fully saturated rings. The number of hydrogen-bond acceptors (Lipinski definition) is 5. The fourth-order valence-electron chi connectivity index (χ4n) is 1.88. The second-order valence-electron chi connectivity index (χ2n) is 5.08. The van der Waals surface area contributed by atoms with E-state index in [0.717, 1.165) is 36.9 Å². The average Bonchev–Trinajstić information content (AvgIpc) is 3.00. The van der Waals surface area contributed by atoms with Crippen LogP contribution < -0.4 is 0 Å². The topological polar surface area (TPSA) is 70.8 Å². The Bertz CT molecular complexity index is 477. The lowest BCUT2D eigenvalue weighted by Crippen LogP contribution is -2.23. The largest absolute Gasteiger partial charge is 0.347 e. The molecule has 0 saturated heterocycles. The Morgan fingerprint density at radius 1 is 1.37 bits per heavy atom. The molecule has 0 bridgehead atoms. The third kappa shape index (κ3) is 4.17. The van der Waals surface area contributed by atoms with Gasteiger partial charge in [0, 0.05) is 24.9 Å². The monoisotopic (exact) mass is 263 g/mol. The van der Waals surface area contributed by atoms with Crippen molar-refractivity contribution in [1.29, 1.82) is 0 Å². The molecule has 0 aliphatic heterocycles. The molecule has 0 atom stereocenters. The van der Waals surface area contributed by atoms with Crippen molar-refractivity contribution in [1.82, 2.24) is 25.0 Å². The van der Waals surface area contributed by atoms with Gasteiger partial charge in [-0.2, -0.15) is 4.98 Å². The van der Waals surface area contributed by atoms with Crippen LogP contribution in [0.25, 0.3) is 0 Å². The first-order valence-corrected chi connectivity index (χ1v) is 6.68. The maximum atomic E-state index is 5.25. The van der Waals surface area contributed by atoms with Gasteiger partial charge >= 0.3 is 0 Å². The van der Waals surface area contributed by atoms with Crippen LogP contribution in [0.5, 0.6) is 0 Å². The normalized spacial score (nSPS) is 11.6. The maximum absolute atomic E-state index is 5.25. The van der Waals surface area contributed by atoms with E-state index in [1.54, 1.807) is 6.33 Å². The SMILES string of the molecule is CCN(Cc1noc(CC(C)C)n1)Cc1cnc[nH]1. The van der Waals surface area contributed by atoms with Crippen LogP contribution in [0.1, 0.15) is 38.2 Å². The van der Waals surface area contributed by atoms with E-state index in [2.05, 4.69) is 45.8 Å². The van der Waals surface area contributed by atoms with Crippen molar-refractivity contribution in [3.8, 4) is 0 Å². The van der Waals surface area contributed by atoms with Gasteiger partial charge in [-0.15, -0.1) is 0 Å². The number of imidazole rings is 1. The molecule has 19 heavy (non-hydrogen) atoms. The summed E-state index contributed by atoms with van der Waals surface area (Å²) in [5, 5.41) is 4.03. The maximum Gasteiger partial charge on any atom is 0.226 e. The molecule has 6 nitrogen and oxygen atoms in total. The Balaban J connectivity index is 1.92. The lowest BCUT2D eigenvalue weighted by atomic mass is 10.1. The first-order chi connectivity index (χ1) is 9.17. The van der Waals surface area contributed by atoms with E-state index < -0.39 is 0 Å². The number of aromatic nitrogens is 4. The molecule has 0 aliphatic carbocycles. The molecule has 0 radical (unpaired) electrons. The second kappa shape index (κ2) is 6.47. The molecular weight excluding hydrogens is 242 g/mol. The minimum Gasteiger partial charge on any atom is -0.347 e. The molecule has 0 aromatic carbocycles. The van der Waals surface area contributed by atoms with Crippen molar-refractivity contribution in [2.45, 2.75) is 40.3 Å². The van der Waals surface area contributed by atoms with Gasteiger partial charge in [-0.1, -0.05) is 25.9 Å². The molecule has 0 aliphatic rings. The molecule has 104 valence electrons. The molecule has 1 N–H and O–H groups in total. The molecule has 2 aromatic rings. The first kappa shape index (κ1) is 13.7. The number of aromatic amines is 1. The van der Waals surface area contributed by atoms with Gasteiger partial charge in [0.15, 0.2) is 5.82 Å². The van der Waals surface area contributed by atoms with E-state index in [1.165, 1.54) is 0 Å². The number of nitrogens with zero attached hydrogens (tertiary/aromatic N) is 4. The van der Waals surface area contributed by atoms with Gasteiger partial charge in [-0.05, 0) is 12.5 Å². The van der Waals surface area contributed by atoms with Gasteiger partial charge in [-0.3, -0.25) is 4.90 Å². The third-order valence-electron chi connectivity index (χ3n) is 2.85. The Morgan fingerprint density at radius 2 is 2.21 bits per heavy atom. The summed E-state index contributed by atoms with van der Waals surface area (Å²) >= 11 is 0. The van der Waals surface area contributed by atoms with Crippen molar-refractivity contribution in [3.63, 3.8) is 0 Å². The van der Waals surface area contributed by atoms with Crippen molar-refractivity contribution < 1.29 is 4.52 Å². The average molecular weight is 263 g/mol. The van der Waals surface area contributed by atoms with Crippen molar-refractivity contribution in [3.05, 3.63) is 29.9 Å². The Labute approximate surface area is 113 Å². The molecule has 6 heteroatoms. The number of H-pyrrole nitrogens is 1. The highest BCUT2D eigenvalue weighted by molar-refractivity contribution is 4.95. The fraction of sp³-hybridized carbons (Fsp3) is 0.615. The summed E-state index contributed by atoms with van der Waals surface area (Å²) in [7, 11) is 0. The second-order valence-corrected chi connectivity index (χ2v) is 5.08. The predicted octanol–water partition coefficient (Wildman–Crippen LogP) is 2.01. The summed E-state index contributed by atoms with van der Waals surface area (Å²) in [5.41, 5.74) is 1.09. The molecule has 0 saturated carbocycles. The van der Waals surface area contributed by atoms with Crippen LogP contribution in [0.3, 0.4) is 0 Å². The molecule has 2 aromatic heterocycles. The number of rotatable bonds is 7. The van der Waals surface area contributed by atoms with E-state index in [9.17, 15) is 0 Å². The van der Waals surface area contributed by atoms with E-state index in [-0.39, 0.29) is 0 Å². The highest BCUT2D eigenvalue weighted by Crippen LogP contribution is 2.08. The third-order valence-corrected chi connectivity index (χ3v) is 2.85. The summed E-state index contributed by atoms with van der Waals surface area (Å²) in [5.74, 6) is 2.00. The minimum absolute atomic E-state index is 0.528. The summed E-state index contributed by atoms with van der Waals surface area (Å²) in [4.78, 5) is 13.8. The fourth-order valence-corrected chi connectivity index (χ4v) is 1.88. The Kier molecular flexibility index (Phi) is 4.68. The standard InChI is InChI=1S/C13H21N5O/c1-4-18(7-11-6-14-9-15-11)8-12-16-13(19-17-12)5-10(2)3/h6,9-10H,4-5,7-8H2,1-3H3,(H,14,15). The lowest BCUT2D eigenvalue weighted by molar-refractivity contribution is 0.256. The highest BCUT2D eigenvalue weighted by atomic mass is 16.5. The smallest absolute Gasteiger partial charge is 0.226 e. The quantitative estimate of drug-likeness (QED) is 0.827. The van der Waals surface area contributed by atoms with Gasteiger partial charge in [-0.25, -0.2) is 4.98 Å². The zero-order valence-electron chi connectivity index (χ0n) is 11.8. The molecule has 0 unspecified atom stereocenters. The van der Waals surface area contributed by atoms with Crippen LogP contribution >= 0.6 is 0 Å². The predicted molar refractivity (Wildman–Crippen MR) is 71.2 cm³/mol. The van der Waals surface area contributed by atoms with Crippen molar-refractivity contribution in [2.24, 2.45) is 5.92 Å². The molecule has 2 rings (SSSR count). The van der Waals surface area contributed by atoms with Crippen LogP contribution in [0.2, 0.25) is 0 Å². The van der Waals surface area contributed by atoms with E-state index in [0.29, 0.717) is 12.5 Å². The number of nitrogens with one attached hydrogen (secondary N) is 1. The van der Waals surface area contributed by atoms with Gasteiger partial charge < -0.3 is 9.51 Å². The van der Waals surface area contributed by atoms with Gasteiger partial charge in [0.2, 0.25) is 5.89 Å². The highest BCUT2D eigenvalue weighted by Gasteiger charge is 2.12. The zero-order chi connectivity index (χ0) is 13.7. The summed E-state index contributed by atoms with van der Waals surface area (Å²) < 4.78 is 5.25. The lowest BCUT2D eigenvalue weighted by Gasteiger charge is -2.16. The van der Waals surface area contributed by atoms with Crippen molar-refractivity contribution in [2.75, 3.05) is 6.54 Å². The van der Waals surface area contributed by atoms with Crippen LogP contribution in [0.15, 0.2) is 17.0 Å². The Morgan fingerprint density at radius 3 is 2.84 bits per heavy atom. The summed E-state index contributed by atoms with van der Waals surface area (Å²) in [6.45, 7) is 8.82. The molecule has 0 amide bonds. The zero-order valence-corrected chi connectivity index (χ0v) is 11.8. The van der Waals surface area contributed by atoms with E-state index in [1.807, 2.05) is 6.20 Å². The molecular formula is C13H21N5O.